The number of nitrogens with one attached hydrogen (secondary N) is 1. The maximum absolute atomic E-state index is 12.3. The van der Waals surface area contributed by atoms with Crippen LogP contribution in [0.25, 0.3) is 0 Å². The maximum Gasteiger partial charge on any atom is 0.308 e. The monoisotopic (exact) mass is 345 g/mol. The minimum absolute atomic E-state index is 0.126. The van der Waals surface area contributed by atoms with Crippen LogP contribution in [0.5, 0.6) is 0 Å². The molecule has 1 aliphatic carbocycles. The molecule has 2 N–H and O–H groups in total. The van der Waals surface area contributed by atoms with E-state index in [0.717, 1.165) is 30.4 Å². The van der Waals surface area contributed by atoms with Crippen molar-refractivity contribution in [2.24, 2.45) is 5.92 Å². The minimum Gasteiger partial charge on any atom is -0.481 e. The number of carbonyl (C=O) groups is 2. The number of hydrogen-bond acceptors (Lipinski definition) is 5. The summed E-state index contributed by atoms with van der Waals surface area (Å²) in [5.41, 5.74) is -0.560. The average Bonchev–Trinajstić information content (AvgIpc) is 2.87. The molecule has 0 aromatic carbocycles. The van der Waals surface area contributed by atoms with E-state index in [0.29, 0.717) is 12.8 Å². The lowest BCUT2D eigenvalue weighted by atomic mass is 9.74. The molecular formula is C14H19NO5S2. The number of sulfone groups is 1. The maximum atomic E-state index is 12.3. The molecule has 22 heavy (non-hydrogen) atoms. The first-order valence-electron chi connectivity index (χ1n) is 6.97. The summed E-state index contributed by atoms with van der Waals surface area (Å²) in [4.78, 5) is 23.7. The lowest BCUT2D eigenvalue weighted by Crippen LogP contribution is -2.55. The fourth-order valence-electron chi connectivity index (χ4n) is 2.84. The van der Waals surface area contributed by atoms with E-state index in [1.165, 1.54) is 11.4 Å². The Bertz CT molecular complexity index is 694. The van der Waals surface area contributed by atoms with Crippen LogP contribution in [0.15, 0.2) is 15.7 Å². The first-order valence-corrected chi connectivity index (χ1v) is 9.74. The zero-order chi connectivity index (χ0) is 16.5. The number of hydrogen-bond donors (Lipinski definition) is 2. The van der Waals surface area contributed by atoms with Gasteiger partial charge in [0.05, 0.1) is 17.0 Å². The van der Waals surface area contributed by atoms with Gasteiger partial charge in [-0.05, 0) is 25.8 Å². The van der Waals surface area contributed by atoms with E-state index in [1.807, 2.05) is 0 Å². The molecule has 2 atom stereocenters. The van der Waals surface area contributed by atoms with Gasteiger partial charge in [-0.25, -0.2) is 8.42 Å². The lowest BCUT2D eigenvalue weighted by molar-refractivity contribution is -0.145. The van der Waals surface area contributed by atoms with Gasteiger partial charge >= 0.3 is 5.97 Å². The standard InChI is InChI=1S/C14H19NO5S2/c1-14(6-4-3-5-10(14)13(17)18)15-12(16)9-7-11(21-8-9)22(2,19)20/h7-8,10H,3-6H2,1-2H3,(H,15,16)(H,17,18)/t10-,14+/m0/s1. The smallest absolute Gasteiger partial charge is 0.308 e. The van der Waals surface area contributed by atoms with Crippen molar-refractivity contribution < 1.29 is 23.1 Å². The molecule has 8 heteroatoms. The Morgan fingerprint density at radius 1 is 1.41 bits per heavy atom. The highest BCUT2D eigenvalue weighted by Gasteiger charge is 2.42. The van der Waals surface area contributed by atoms with Crippen molar-refractivity contribution in [2.45, 2.75) is 42.4 Å². The van der Waals surface area contributed by atoms with Crippen molar-refractivity contribution in [3.8, 4) is 0 Å². The molecule has 122 valence electrons. The Morgan fingerprint density at radius 2 is 2.09 bits per heavy atom. The first kappa shape index (κ1) is 17.0. The molecule has 0 bridgehead atoms. The van der Waals surface area contributed by atoms with Crippen molar-refractivity contribution >= 4 is 33.1 Å². The fourth-order valence-corrected chi connectivity index (χ4v) is 4.64. The van der Waals surface area contributed by atoms with Crippen LogP contribution in [0, 0.1) is 5.92 Å². The van der Waals surface area contributed by atoms with Gasteiger partial charge < -0.3 is 10.4 Å². The van der Waals surface area contributed by atoms with Gasteiger partial charge in [0.1, 0.15) is 4.21 Å². The summed E-state index contributed by atoms with van der Waals surface area (Å²) in [5.74, 6) is -1.97. The van der Waals surface area contributed by atoms with E-state index in [-0.39, 0.29) is 9.77 Å². The van der Waals surface area contributed by atoms with E-state index in [4.69, 9.17) is 0 Å². The van der Waals surface area contributed by atoms with Crippen LogP contribution in [0.3, 0.4) is 0 Å². The number of thiophene rings is 1. The predicted octanol–water partition coefficient (Wildman–Crippen LogP) is 1.91. The largest absolute Gasteiger partial charge is 0.481 e. The van der Waals surface area contributed by atoms with E-state index in [2.05, 4.69) is 5.32 Å². The second kappa shape index (κ2) is 6.00. The summed E-state index contributed by atoms with van der Waals surface area (Å²) in [7, 11) is -3.34. The molecule has 1 aliphatic rings. The number of amides is 1. The summed E-state index contributed by atoms with van der Waals surface area (Å²) in [6.45, 7) is 1.74. The highest BCUT2D eigenvalue weighted by atomic mass is 32.2. The predicted molar refractivity (Wildman–Crippen MR) is 82.9 cm³/mol. The SMILES string of the molecule is C[C@@]1(NC(=O)c2csc(S(C)(=O)=O)c2)CCCC[C@H]1C(=O)O. The summed E-state index contributed by atoms with van der Waals surface area (Å²) < 4.78 is 23.1. The molecule has 1 amide bonds. The fraction of sp³-hybridized carbons (Fsp3) is 0.571. The van der Waals surface area contributed by atoms with Crippen molar-refractivity contribution in [2.75, 3.05) is 6.26 Å². The third-order valence-electron chi connectivity index (χ3n) is 4.11. The van der Waals surface area contributed by atoms with E-state index in [9.17, 15) is 23.1 Å². The minimum atomic E-state index is -3.34. The zero-order valence-corrected chi connectivity index (χ0v) is 14.1. The van der Waals surface area contributed by atoms with Crippen LogP contribution in [0.4, 0.5) is 0 Å². The molecule has 1 fully saturated rings. The molecule has 6 nitrogen and oxygen atoms in total. The normalized spacial score (nSPS) is 25.6. The number of aliphatic carboxylic acids is 1. The lowest BCUT2D eigenvalue weighted by Gasteiger charge is -2.39. The van der Waals surface area contributed by atoms with Gasteiger partial charge in [-0.3, -0.25) is 9.59 Å². The van der Waals surface area contributed by atoms with Crippen molar-refractivity contribution in [3.05, 3.63) is 17.0 Å². The highest BCUT2D eigenvalue weighted by molar-refractivity contribution is 7.92. The molecular weight excluding hydrogens is 326 g/mol. The second-order valence-electron chi connectivity index (χ2n) is 5.93. The Morgan fingerprint density at radius 3 is 2.64 bits per heavy atom. The Kier molecular flexibility index (Phi) is 4.62. The van der Waals surface area contributed by atoms with Gasteiger partial charge in [0.25, 0.3) is 5.91 Å². The topological polar surface area (TPSA) is 101 Å². The molecule has 2 rings (SSSR count). The first-order chi connectivity index (χ1) is 10.1. The molecule has 0 aliphatic heterocycles. The van der Waals surface area contributed by atoms with Crippen LogP contribution in [-0.4, -0.2) is 37.2 Å². The number of rotatable bonds is 4. The Hall–Kier alpha value is -1.41. The molecule has 0 unspecified atom stereocenters. The van der Waals surface area contributed by atoms with Crippen LogP contribution >= 0.6 is 11.3 Å². The summed E-state index contributed by atoms with van der Waals surface area (Å²) in [6, 6.07) is 1.33. The second-order valence-corrected chi connectivity index (χ2v) is 9.09. The zero-order valence-electron chi connectivity index (χ0n) is 12.5. The van der Waals surface area contributed by atoms with Gasteiger partial charge in [0.15, 0.2) is 9.84 Å². The Balaban J connectivity index is 2.20. The Labute approximate surface area is 133 Å². The average molecular weight is 345 g/mol. The molecule has 0 radical (unpaired) electrons. The van der Waals surface area contributed by atoms with Gasteiger partial charge in [0, 0.05) is 11.6 Å². The third kappa shape index (κ3) is 3.49. The van der Waals surface area contributed by atoms with Crippen LogP contribution in [0.2, 0.25) is 0 Å². The van der Waals surface area contributed by atoms with E-state index < -0.39 is 33.2 Å². The van der Waals surface area contributed by atoms with Gasteiger partial charge in [-0.1, -0.05) is 12.8 Å². The number of carboxylic acid groups (broad SMARTS) is 1. The van der Waals surface area contributed by atoms with Crippen molar-refractivity contribution in [1.82, 2.24) is 5.32 Å². The quantitative estimate of drug-likeness (QED) is 0.868. The van der Waals surface area contributed by atoms with Crippen molar-refractivity contribution in [1.29, 1.82) is 0 Å². The van der Waals surface area contributed by atoms with Crippen molar-refractivity contribution in [3.63, 3.8) is 0 Å². The molecule has 1 aromatic heterocycles. The molecule has 1 aromatic rings. The summed E-state index contributed by atoms with van der Waals surface area (Å²) >= 11 is 0.988. The highest BCUT2D eigenvalue weighted by Crippen LogP contribution is 2.34. The molecule has 1 saturated carbocycles. The van der Waals surface area contributed by atoms with Gasteiger partial charge in [-0.2, -0.15) is 0 Å². The molecule has 0 saturated heterocycles. The summed E-state index contributed by atoms with van der Waals surface area (Å²) in [6.07, 6.45) is 3.91. The van der Waals surface area contributed by atoms with E-state index in [1.54, 1.807) is 6.92 Å². The number of carbonyl (C=O) groups excluding carboxylic acids is 1. The van der Waals surface area contributed by atoms with Crippen LogP contribution in [-0.2, 0) is 14.6 Å². The van der Waals surface area contributed by atoms with Crippen LogP contribution < -0.4 is 5.32 Å². The molecule has 0 spiro atoms. The number of carboxylic acids is 1. The third-order valence-corrected chi connectivity index (χ3v) is 6.88. The van der Waals surface area contributed by atoms with Crippen LogP contribution in [0.1, 0.15) is 43.0 Å². The molecule has 1 heterocycles. The van der Waals surface area contributed by atoms with Gasteiger partial charge in [-0.15, -0.1) is 11.3 Å². The summed E-state index contributed by atoms with van der Waals surface area (Å²) in [5, 5.41) is 13.6. The van der Waals surface area contributed by atoms with Gasteiger partial charge in [0.2, 0.25) is 0 Å². The van der Waals surface area contributed by atoms with E-state index >= 15 is 0 Å².